The normalized spacial score (nSPS) is 16.6. The summed E-state index contributed by atoms with van der Waals surface area (Å²) in [6.07, 6.45) is 1.52. The van der Waals surface area contributed by atoms with Gasteiger partial charge in [-0.15, -0.1) is 0 Å². The predicted molar refractivity (Wildman–Crippen MR) is 105 cm³/mol. The number of amides is 2. The summed E-state index contributed by atoms with van der Waals surface area (Å²) in [5, 5.41) is 2.71. The largest absolute Gasteiger partial charge is 0.494 e. The topological polar surface area (TPSA) is 84.9 Å². The van der Waals surface area contributed by atoms with Crippen LogP contribution >= 0.6 is 0 Å². The Bertz CT molecular complexity index is 672. The molecule has 7 nitrogen and oxygen atoms in total. The average molecular weight is 390 g/mol. The molecular formula is C21H30N2O5. The number of carbonyl (C=O) groups is 3. The molecule has 2 amide bonds. The van der Waals surface area contributed by atoms with E-state index in [4.69, 9.17) is 9.47 Å². The Kier molecular flexibility index (Phi) is 8.29. The molecule has 154 valence electrons. The number of nitrogens with one attached hydrogen (secondary N) is 1. The smallest absolute Gasteiger partial charge is 0.308 e. The predicted octanol–water partition coefficient (Wildman–Crippen LogP) is 2.40. The second-order valence-electron chi connectivity index (χ2n) is 7.29. The van der Waals surface area contributed by atoms with Crippen molar-refractivity contribution in [2.75, 3.05) is 26.3 Å². The zero-order chi connectivity index (χ0) is 20.5. The summed E-state index contributed by atoms with van der Waals surface area (Å²) < 4.78 is 10.7. The fourth-order valence-corrected chi connectivity index (χ4v) is 2.87. The van der Waals surface area contributed by atoms with Crippen molar-refractivity contribution >= 4 is 17.8 Å². The number of benzene rings is 1. The van der Waals surface area contributed by atoms with Crippen LogP contribution in [0.5, 0.6) is 5.75 Å². The highest BCUT2D eigenvalue weighted by Crippen LogP contribution is 2.18. The van der Waals surface area contributed by atoms with Crippen LogP contribution in [0.15, 0.2) is 24.3 Å². The van der Waals surface area contributed by atoms with Gasteiger partial charge >= 0.3 is 5.97 Å². The van der Waals surface area contributed by atoms with Crippen molar-refractivity contribution in [3.8, 4) is 5.75 Å². The molecule has 0 bridgehead atoms. The first-order valence-corrected chi connectivity index (χ1v) is 9.89. The number of carbonyl (C=O) groups excluding carboxylic acids is 3. The Balaban J connectivity index is 2.02. The van der Waals surface area contributed by atoms with Crippen molar-refractivity contribution in [3.05, 3.63) is 29.8 Å². The summed E-state index contributed by atoms with van der Waals surface area (Å²) >= 11 is 0. The van der Waals surface area contributed by atoms with Crippen molar-refractivity contribution in [2.45, 2.75) is 46.1 Å². The van der Waals surface area contributed by atoms with E-state index in [0.29, 0.717) is 50.0 Å². The summed E-state index contributed by atoms with van der Waals surface area (Å²) in [5.74, 6) is 0.175. The van der Waals surface area contributed by atoms with Gasteiger partial charge in [0.1, 0.15) is 11.8 Å². The molecule has 0 spiro atoms. The molecule has 1 saturated heterocycles. The average Bonchev–Trinajstić information content (AvgIpc) is 2.67. The molecule has 1 heterocycles. The standard InChI is InChI=1S/C21H30N2O5/c1-4-12-28-19(24)14-18-20(25)22-10-11-23(18)21(26)16-5-7-17(8-6-16)27-13-9-15(2)3/h5-8,15,18H,4,9-14H2,1-3H3,(H,22,25). The van der Waals surface area contributed by atoms with Crippen LogP contribution in [-0.2, 0) is 14.3 Å². The van der Waals surface area contributed by atoms with Crippen LogP contribution in [0.1, 0.15) is 50.4 Å². The summed E-state index contributed by atoms with van der Waals surface area (Å²) in [6, 6.07) is 6.02. The highest BCUT2D eigenvalue weighted by Gasteiger charge is 2.35. The van der Waals surface area contributed by atoms with Gasteiger partial charge in [-0.25, -0.2) is 0 Å². The Labute approximate surface area is 166 Å². The molecule has 1 aromatic carbocycles. The molecule has 1 atom stereocenters. The van der Waals surface area contributed by atoms with Crippen molar-refractivity contribution in [3.63, 3.8) is 0 Å². The lowest BCUT2D eigenvalue weighted by atomic mass is 10.1. The zero-order valence-corrected chi connectivity index (χ0v) is 16.9. The third-order valence-corrected chi connectivity index (χ3v) is 4.48. The van der Waals surface area contributed by atoms with Crippen LogP contribution in [0.2, 0.25) is 0 Å². The van der Waals surface area contributed by atoms with E-state index in [2.05, 4.69) is 19.2 Å². The quantitative estimate of drug-likeness (QED) is 0.655. The molecule has 1 aliphatic rings. The summed E-state index contributed by atoms with van der Waals surface area (Å²) in [7, 11) is 0. The van der Waals surface area contributed by atoms with Gasteiger partial charge in [0.15, 0.2) is 0 Å². The van der Waals surface area contributed by atoms with Gasteiger partial charge in [-0.05, 0) is 43.0 Å². The fourth-order valence-electron chi connectivity index (χ4n) is 2.87. The number of esters is 1. The molecular weight excluding hydrogens is 360 g/mol. The maximum absolute atomic E-state index is 12.9. The lowest BCUT2D eigenvalue weighted by molar-refractivity contribution is -0.147. The van der Waals surface area contributed by atoms with Crippen molar-refractivity contribution < 1.29 is 23.9 Å². The molecule has 28 heavy (non-hydrogen) atoms. The molecule has 0 aliphatic carbocycles. The first-order chi connectivity index (χ1) is 13.4. The highest BCUT2D eigenvalue weighted by atomic mass is 16.5. The van der Waals surface area contributed by atoms with Gasteiger partial charge in [-0.1, -0.05) is 20.8 Å². The molecule has 0 radical (unpaired) electrons. The van der Waals surface area contributed by atoms with Crippen LogP contribution in [0.3, 0.4) is 0 Å². The summed E-state index contributed by atoms with van der Waals surface area (Å²) in [5.41, 5.74) is 0.456. The van der Waals surface area contributed by atoms with Gasteiger partial charge in [-0.3, -0.25) is 14.4 Å². The van der Waals surface area contributed by atoms with Crippen molar-refractivity contribution in [1.82, 2.24) is 10.2 Å². The molecule has 0 aromatic heterocycles. The van der Waals surface area contributed by atoms with Crippen LogP contribution in [0.25, 0.3) is 0 Å². The number of piperazine rings is 1. The van der Waals surface area contributed by atoms with Gasteiger partial charge in [0.05, 0.1) is 19.6 Å². The molecule has 1 aliphatic heterocycles. The first-order valence-electron chi connectivity index (χ1n) is 9.89. The SMILES string of the molecule is CCCOC(=O)CC1C(=O)NCCN1C(=O)c1ccc(OCCC(C)C)cc1. The van der Waals surface area contributed by atoms with Gasteiger partial charge in [-0.2, -0.15) is 0 Å². The van der Waals surface area contributed by atoms with Gasteiger partial charge < -0.3 is 19.7 Å². The number of ether oxygens (including phenoxy) is 2. The van der Waals surface area contributed by atoms with E-state index < -0.39 is 12.0 Å². The van der Waals surface area contributed by atoms with E-state index in [-0.39, 0.29) is 18.2 Å². The number of rotatable bonds is 9. The minimum Gasteiger partial charge on any atom is -0.494 e. The Hall–Kier alpha value is -2.57. The number of hydrogen-bond acceptors (Lipinski definition) is 5. The van der Waals surface area contributed by atoms with E-state index in [9.17, 15) is 14.4 Å². The van der Waals surface area contributed by atoms with Crippen molar-refractivity contribution in [2.24, 2.45) is 5.92 Å². The Morgan fingerprint density at radius 1 is 1.21 bits per heavy atom. The van der Waals surface area contributed by atoms with E-state index >= 15 is 0 Å². The first kappa shape index (κ1) is 21.7. The lowest BCUT2D eigenvalue weighted by Gasteiger charge is -2.34. The van der Waals surface area contributed by atoms with Gasteiger partial charge in [0.2, 0.25) is 5.91 Å². The van der Waals surface area contributed by atoms with Crippen molar-refractivity contribution in [1.29, 1.82) is 0 Å². The molecule has 1 N–H and O–H groups in total. The minimum atomic E-state index is -0.854. The van der Waals surface area contributed by atoms with Crippen LogP contribution in [0, 0.1) is 5.92 Å². The van der Waals surface area contributed by atoms with Gasteiger partial charge in [0.25, 0.3) is 5.91 Å². The van der Waals surface area contributed by atoms with Crippen LogP contribution in [-0.4, -0.2) is 55.0 Å². The minimum absolute atomic E-state index is 0.145. The van der Waals surface area contributed by atoms with E-state index in [1.165, 1.54) is 4.90 Å². The Morgan fingerprint density at radius 3 is 2.57 bits per heavy atom. The maximum atomic E-state index is 12.9. The molecule has 7 heteroatoms. The second-order valence-corrected chi connectivity index (χ2v) is 7.29. The van der Waals surface area contributed by atoms with Crippen LogP contribution in [0.4, 0.5) is 0 Å². The molecule has 1 unspecified atom stereocenters. The monoisotopic (exact) mass is 390 g/mol. The highest BCUT2D eigenvalue weighted by molar-refractivity contribution is 5.99. The molecule has 1 fully saturated rings. The van der Waals surface area contributed by atoms with E-state index in [1.54, 1.807) is 24.3 Å². The van der Waals surface area contributed by atoms with Crippen LogP contribution < -0.4 is 10.1 Å². The molecule has 2 rings (SSSR count). The number of hydrogen-bond donors (Lipinski definition) is 1. The fraction of sp³-hybridized carbons (Fsp3) is 0.571. The maximum Gasteiger partial charge on any atom is 0.308 e. The third-order valence-electron chi connectivity index (χ3n) is 4.48. The third kappa shape index (κ3) is 6.25. The molecule has 1 aromatic rings. The van der Waals surface area contributed by atoms with E-state index in [0.717, 1.165) is 6.42 Å². The Morgan fingerprint density at radius 2 is 1.93 bits per heavy atom. The van der Waals surface area contributed by atoms with E-state index in [1.807, 2.05) is 6.92 Å². The zero-order valence-electron chi connectivity index (χ0n) is 16.9. The number of nitrogens with zero attached hydrogens (tertiary/aromatic N) is 1. The summed E-state index contributed by atoms with van der Waals surface area (Å²) in [4.78, 5) is 38.6. The lowest BCUT2D eigenvalue weighted by Crippen LogP contribution is -2.57. The second kappa shape index (κ2) is 10.7. The van der Waals surface area contributed by atoms with Gasteiger partial charge in [0, 0.05) is 18.7 Å². The molecule has 0 saturated carbocycles. The summed E-state index contributed by atoms with van der Waals surface area (Å²) in [6.45, 7) is 7.80.